The highest BCUT2D eigenvalue weighted by molar-refractivity contribution is 7.89. The van der Waals surface area contributed by atoms with E-state index >= 15 is 9.59 Å². The van der Waals surface area contributed by atoms with E-state index in [4.69, 9.17) is 21.4 Å². The molecule has 0 bridgehead atoms. The van der Waals surface area contributed by atoms with Crippen LogP contribution in [0.1, 0.15) is 285 Å². The fraction of sp³-hybridized carbons (Fsp3) is 0.571. The van der Waals surface area contributed by atoms with Crippen LogP contribution < -0.4 is 22.6 Å². The predicted molar refractivity (Wildman–Crippen MR) is 424 cm³/mol. The molecule has 0 saturated carbocycles. The van der Waals surface area contributed by atoms with Crippen molar-refractivity contribution in [2.24, 2.45) is 0 Å². The van der Waals surface area contributed by atoms with E-state index in [-0.39, 0.29) is 32.3 Å². The van der Waals surface area contributed by atoms with Gasteiger partial charge in [0.15, 0.2) is 0 Å². The average Bonchev–Trinajstić information content (AvgIpc) is 1.20. The predicted octanol–water partition coefficient (Wildman–Crippen LogP) is 22.1. The standard InChI is InChI=1S/C84H116N8O6S2/c1-5-9-13-17-21-25-29-33-37-41-53-89(54-42-38-34-30-26-22-18-14-10-6-2)99(95,96)61-57-71(85)79-73(59-61)87-81-67-49-45-63-66-48-52-70-78-68(50-46-64(76(66)78)65-47-51-69(77(67)75(63)65)83(93)91(79)81)82-88-74-60-62(58-72(86)80(74)92(82)84(70)94)100(97,98)90(55-43-39-35-31-27-23-19-15-11-7-3)56-44-40-36-32-28-24-20-16-12-8-4/h45-52,57-60H,5-44,53-56,85-86H2,1-4H3. The molecule has 4 heterocycles. The number of fused-ring (bicyclic) bond motifs is 10. The number of sulfonamides is 2. The Morgan fingerprint density at radius 1 is 0.310 bits per heavy atom. The number of benzene rings is 7. The van der Waals surface area contributed by atoms with Crippen molar-refractivity contribution < 1.29 is 16.8 Å². The van der Waals surface area contributed by atoms with E-state index in [2.05, 4.69) is 39.8 Å². The summed E-state index contributed by atoms with van der Waals surface area (Å²) in [6, 6.07) is 22.1. The van der Waals surface area contributed by atoms with Crippen molar-refractivity contribution >= 4 is 129 Å². The van der Waals surface area contributed by atoms with Gasteiger partial charge in [0.05, 0.1) is 43.2 Å². The molecule has 0 atom stereocenters. The molecule has 4 aromatic heterocycles. The highest BCUT2D eigenvalue weighted by Crippen LogP contribution is 2.47. The zero-order valence-corrected chi connectivity index (χ0v) is 62.8. The van der Waals surface area contributed by atoms with Crippen LogP contribution in [0.4, 0.5) is 11.4 Å². The minimum Gasteiger partial charge on any atom is -0.397 e. The van der Waals surface area contributed by atoms with Crippen LogP contribution in [-0.2, 0) is 20.0 Å². The lowest BCUT2D eigenvalue weighted by molar-refractivity contribution is 0.382. The van der Waals surface area contributed by atoms with Gasteiger partial charge in [-0.2, -0.15) is 8.61 Å². The molecule has 11 aromatic rings. The highest BCUT2D eigenvalue weighted by atomic mass is 32.2. The number of pyridine rings is 2. The van der Waals surface area contributed by atoms with Gasteiger partial charge in [-0.1, -0.05) is 283 Å². The van der Waals surface area contributed by atoms with Gasteiger partial charge in [-0.05, 0) is 107 Å². The molecule has 0 radical (unpaired) electrons. The molecular weight excluding hydrogens is 1280 g/mol. The van der Waals surface area contributed by atoms with E-state index in [1.807, 2.05) is 36.4 Å². The number of hydrogen-bond acceptors (Lipinski definition) is 10. The number of rotatable bonds is 48. The summed E-state index contributed by atoms with van der Waals surface area (Å²) in [6.07, 6.45) is 46.6. The molecule has 0 spiro atoms. The van der Waals surface area contributed by atoms with Gasteiger partial charge < -0.3 is 11.5 Å². The highest BCUT2D eigenvalue weighted by Gasteiger charge is 2.31. The first-order valence-electron chi connectivity index (χ1n) is 39.7. The van der Waals surface area contributed by atoms with Crippen molar-refractivity contribution in [2.45, 2.75) is 294 Å². The van der Waals surface area contributed by atoms with Gasteiger partial charge in [0.1, 0.15) is 11.3 Å². The van der Waals surface area contributed by atoms with Gasteiger partial charge in [-0.3, -0.25) is 18.4 Å². The third kappa shape index (κ3) is 16.5. The summed E-state index contributed by atoms with van der Waals surface area (Å²) in [5.41, 5.74) is 15.9. The van der Waals surface area contributed by atoms with Crippen molar-refractivity contribution in [1.29, 1.82) is 0 Å². The van der Waals surface area contributed by atoms with Crippen LogP contribution in [0.15, 0.2) is 92.2 Å². The Balaban J connectivity index is 0.891. The molecule has 0 fully saturated rings. The first kappa shape index (κ1) is 74.7. The van der Waals surface area contributed by atoms with Gasteiger partial charge in [-0.25, -0.2) is 26.8 Å². The SMILES string of the molecule is CCCCCCCCCCCCN(CCCCCCCCCCCC)S(=O)(=O)c1cc(N)c2c(c1)nc1c3ccc4c5ccc6c(=O)n7c(nc8cc(S(=O)(=O)N(CCCCCCCCCCCC)CCCCCCCCCCCC)cc(N)c87)c7ccc(c8ccc(c(=O)n12)c3c84)c5c67. The Kier molecular flexibility index (Phi) is 26.6. The molecule has 7 aromatic carbocycles. The van der Waals surface area contributed by atoms with Crippen LogP contribution >= 0.6 is 0 Å². The molecule has 0 aliphatic heterocycles. The Morgan fingerprint density at radius 3 is 0.790 bits per heavy atom. The lowest BCUT2D eigenvalue weighted by Gasteiger charge is -2.23. The number of anilines is 2. The summed E-state index contributed by atoms with van der Waals surface area (Å²) in [6.45, 7) is 10.7. The molecular formula is C84H116N8O6S2. The second-order valence-corrected chi connectivity index (χ2v) is 33.5. The molecule has 16 heteroatoms. The summed E-state index contributed by atoms with van der Waals surface area (Å²) < 4.78 is 66.4. The largest absolute Gasteiger partial charge is 0.397 e. The van der Waals surface area contributed by atoms with Crippen LogP contribution in [0.3, 0.4) is 0 Å². The molecule has 14 nitrogen and oxygen atoms in total. The van der Waals surface area contributed by atoms with Crippen LogP contribution in [0.25, 0.3) is 98.0 Å². The Labute approximate surface area is 595 Å². The third-order valence-electron chi connectivity index (χ3n) is 22.1. The smallest absolute Gasteiger partial charge is 0.264 e. The zero-order valence-electron chi connectivity index (χ0n) is 61.1. The summed E-state index contributed by atoms with van der Waals surface area (Å²) >= 11 is 0. The minimum atomic E-state index is -3.99. The molecule has 540 valence electrons. The maximum absolute atomic E-state index is 15.2. The summed E-state index contributed by atoms with van der Waals surface area (Å²) in [5.74, 6) is 0. The quantitative estimate of drug-likeness (QED) is 0.0160. The number of imidazole rings is 2. The van der Waals surface area contributed by atoms with E-state index in [0.29, 0.717) is 70.3 Å². The normalized spacial score (nSPS) is 12.9. The summed E-state index contributed by atoms with van der Waals surface area (Å²) in [7, 11) is -7.99. The number of hydrogen-bond donors (Lipinski definition) is 2. The fourth-order valence-corrected chi connectivity index (χ4v) is 19.6. The lowest BCUT2D eigenvalue weighted by atomic mass is 9.86. The zero-order chi connectivity index (χ0) is 70.2. The second kappa shape index (κ2) is 35.6. The fourth-order valence-electron chi connectivity index (χ4n) is 16.4. The molecule has 100 heavy (non-hydrogen) atoms. The first-order chi connectivity index (χ1) is 48.8. The third-order valence-corrected chi connectivity index (χ3v) is 25.8. The monoisotopic (exact) mass is 1400 g/mol. The van der Waals surface area contributed by atoms with E-state index in [1.165, 1.54) is 192 Å². The van der Waals surface area contributed by atoms with E-state index in [9.17, 15) is 16.8 Å². The van der Waals surface area contributed by atoms with Crippen molar-refractivity contribution in [3.8, 4) is 0 Å². The Bertz CT molecular complexity index is 4480. The number of unbranched alkanes of at least 4 members (excludes halogenated alkanes) is 36. The maximum Gasteiger partial charge on any atom is 0.264 e. The van der Waals surface area contributed by atoms with Crippen LogP contribution in [0, 0.1) is 0 Å². The van der Waals surface area contributed by atoms with E-state index in [0.717, 1.165) is 131 Å². The topological polar surface area (TPSA) is 196 Å². The van der Waals surface area contributed by atoms with Gasteiger partial charge >= 0.3 is 0 Å². The molecule has 0 amide bonds. The van der Waals surface area contributed by atoms with Crippen LogP contribution in [0.5, 0.6) is 0 Å². The van der Waals surface area contributed by atoms with Crippen molar-refractivity contribution in [3.63, 3.8) is 0 Å². The molecule has 0 aliphatic carbocycles. The molecule has 4 N–H and O–H groups in total. The number of nitrogens with zero attached hydrogens (tertiary/aromatic N) is 6. The Morgan fingerprint density at radius 2 is 0.530 bits per heavy atom. The Hall–Kier alpha value is -6.46. The van der Waals surface area contributed by atoms with E-state index < -0.39 is 20.0 Å². The van der Waals surface area contributed by atoms with Crippen molar-refractivity contribution in [1.82, 2.24) is 27.4 Å². The van der Waals surface area contributed by atoms with Crippen LogP contribution in [-0.4, -0.2) is 70.4 Å². The second-order valence-electron chi connectivity index (χ2n) is 29.6. The first-order valence-corrected chi connectivity index (χ1v) is 42.6. The average molecular weight is 1400 g/mol. The van der Waals surface area contributed by atoms with Gasteiger partial charge in [0, 0.05) is 58.5 Å². The minimum absolute atomic E-state index is 0.0902. The van der Waals surface area contributed by atoms with Gasteiger partial charge in [-0.15, -0.1) is 0 Å². The van der Waals surface area contributed by atoms with Gasteiger partial charge in [0.25, 0.3) is 11.1 Å². The van der Waals surface area contributed by atoms with Gasteiger partial charge in [0.2, 0.25) is 20.0 Å². The number of aromatic nitrogens is 4. The number of nitrogens with two attached hydrogens (primary N) is 2. The van der Waals surface area contributed by atoms with Crippen LogP contribution in [0.2, 0.25) is 0 Å². The number of nitrogen functional groups attached to an aromatic ring is 2. The van der Waals surface area contributed by atoms with Crippen molar-refractivity contribution in [2.75, 3.05) is 37.6 Å². The lowest BCUT2D eigenvalue weighted by Crippen LogP contribution is -2.33. The molecule has 0 unspecified atom stereocenters. The maximum atomic E-state index is 15.2. The van der Waals surface area contributed by atoms with Crippen molar-refractivity contribution in [3.05, 3.63) is 93.5 Å². The molecule has 0 saturated heterocycles. The molecule has 0 aliphatic rings. The summed E-state index contributed by atoms with van der Waals surface area (Å²) in [5, 5.41) is 9.28. The summed E-state index contributed by atoms with van der Waals surface area (Å²) in [4.78, 5) is 40.8. The molecule has 11 rings (SSSR count). The van der Waals surface area contributed by atoms with E-state index in [1.54, 1.807) is 29.5 Å².